The van der Waals surface area contributed by atoms with E-state index in [2.05, 4.69) is 11.5 Å². The van der Waals surface area contributed by atoms with E-state index in [9.17, 15) is 18.9 Å². The van der Waals surface area contributed by atoms with E-state index in [0.29, 0.717) is 37.3 Å². The molecule has 8 aliphatic carbocycles. The molecule has 348 valence electrons. The Labute approximate surface area is 384 Å². The highest BCUT2D eigenvalue weighted by atomic mass is 31.1. The maximum absolute atomic E-state index is 11.3. The van der Waals surface area contributed by atoms with Crippen molar-refractivity contribution >= 4 is 16.1 Å². The lowest BCUT2D eigenvalue weighted by Crippen LogP contribution is -2.77. The maximum Gasteiger partial charge on any atom is 0.327 e. The molecule has 8 saturated carbocycles. The molecule has 0 aromatic heterocycles. The van der Waals surface area contributed by atoms with Gasteiger partial charge in [0.2, 0.25) is 11.6 Å². The Bertz CT molecular complexity index is 1720. The van der Waals surface area contributed by atoms with E-state index in [0.717, 1.165) is 57.8 Å². The van der Waals surface area contributed by atoms with Gasteiger partial charge < -0.3 is 32.2 Å². The highest BCUT2D eigenvalue weighted by Crippen LogP contribution is 2.54. The molecular weight excluding hydrogens is 839 g/mol. The van der Waals surface area contributed by atoms with Gasteiger partial charge in [0, 0.05) is 64.7 Å². The molecule has 64 heavy (non-hydrogen) atoms. The minimum atomic E-state index is -2.47. The van der Waals surface area contributed by atoms with Crippen LogP contribution in [0, 0.1) is 35.5 Å². The molecule has 10 N–H and O–H groups in total. The van der Waals surface area contributed by atoms with Crippen LogP contribution in [0.5, 0.6) is 0 Å². The molecule has 0 spiro atoms. The van der Waals surface area contributed by atoms with Crippen molar-refractivity contribution in [3.05, 3.63) is 144 Å². The Kier molecular flexibility index (Phi) is 19.4. The van der Waals surface area contributed by atoms with Crippen LogP contribution in [0.1, 0.15) is 113 Å². The minimum absolute atomic E-state index is 0. The van der Waals surface area contributed by atoms with Gasteiger partial charge in [-0.3, -0.25) is 9.80 Å². The molecule has 10 nitrogen and oxygen atoms in total. The molecule has 0 amide bonds. The molecule has 2 unspecified atom stereocenters. The van der Waals surface area contributed by atoms with Crippen LogP contribution in [0.2, 0.25) is 0 Å². The van der Waals surface area contributed by atoms with Crippen molar-refractivity contribution in [2.24, 2.45) is 35.5 Å². The van der Waals surface area contributed by atoms with E-state index in [1.807, 2.05) is 131 Å². The van der Waals surface area contributed by atoms with Crippen LogP contribution in [0.4, 0.5) is 0 Å². The first-order valence-electron chi connectivity index (χ1n) is 23.4. The second-order valence-electron chi connectivity index (χ2n) is 20.4. The molecule has 8 aliphatic rings. The van der Waals surface area contributed by atoms with E-state index < -0.39 is 27.6 Å². The fraction of sp³-hybridized carbons (Fsp3) is 0.538. The van der Waals surface area contributed by atoms with Crippen LogP contribution in [-0.4, -0.2) is 43.4 Å². The summed E-state index contributed by atoms with van der Waals surface area (Å²) < 4.78 is 22.6. The lowest BCUT2D eigenvalue weighted by Gasteiger charge is -2.52. The summed E-state index contributed by atoms with van der Waals surface area (Å²) in [4.78, 5) is 26.6. The molecular formula is C52H76N4O6P2+2. The third kappa shape index (κ3) is 14.9. The van der Waals surface area contributed by atoms with E-state index in [-0.39, 0.29) is 11.0 Å². The standard InChI is InChI=1S/2C16H18NO2P.2C10H17N.2H2O/c2*1-14(20(18)19)17(12-15-8-4-2-5-9-15)13-16-10-6-3-7-11-16;2*11-10-4-7-1-8(5-10)3-9(2-7)6-10;;/h2*2-11,14H,12-13H2,1H3;2*7-9H,1-6,11H2;2*1H2/p+2/t2*14-;;;;/m11..../s1. The van der Waals surface area contributed by atoms with Gasteiger partial charge in [-0.1, -0.05) is 130 Å². The fourth-order valence-electron chi connectivity index (χ4n) is 12.8. The second-order valence-corrected chi connectivity index (χ2v) is 23.1. The molecule has 0 saturated heterocycles. The summed E-state index contributed by atoms with van der Waals surface area (Å²) in [5.74, 6) is 5.53. The van der Waals surface area contributed by atoms with Gasteiger partial charge in [0.15, 0.2) is 0 Å². The number of hydrogen-bond acceptors (Lipinski definition) is 6. The maximum atomic E-state index is 11.3. The fourth-order valence-corrected chi connectivity index (χ4v) is 13.6. The minimum Gasteiger partial charge on any atom is -0.594 e. The predicted octanol–water partition coefficient (Wildman–Crippen LogP) is 7.02. The average Bonchev–Trinajstić information content (AvgIpc) is 3.23. The zero-order valence-electron chi connectivity index (χ0n) is 38.3. The van der Waals surface area contributed by atoms with E-state index >= 15 is 0 Å². The topological polar surface area (TPSA) is 205 Å². The highest BCUT2D eigenvalue weighted by Gasteiger charge is 2.52. The third-order valence-corrected chi connectivity index (χ3v) is 16.8. The largest absolute Gasteiger partial charge is 0.594 e. The van der Waals surface area contributed by atoms with Crippen LogP contribution in [0.25, 0.3) is 0 Å². The molecule has 0 radical (unpaired) electrons. The Balaban J connectivity index is 0.000000164. The molecule has 0 aliphatic heterocycles. The molecule has 4 aromatic rings. The van der Waals surface area contributed by atoms with Gasteiger partial charge in [-0.2, -0.15) is 0 Å². The van der Waals surface area contributed by atoms with Crippen LogP contribution < -0.4 is 21.3 Å². The summed E-state index contributed by atoms with van der Waals surface area (Å²) >= 11 is 0. The van der Waals surface area contributed by atoms with Crippen LogP contribution in [0.3, 0.4) is 0 Å². The van der Waals surface area contributed by atoms with Crippen LogP contribution >= 0.6 is 16.1 Å². The zero-order chi connectivity index (χ0) is 43.7. The van der Waals surface area contributed by atoms with Gasteiger partial charge >= 0.3 is 16.1 Å². The quantitative estimate of drug-likeness (QED) is 0.143. The van der Waals surface area contributed by atoms with Crippen LogP contribution in [0.15, 0.2) is 121 Å². The summed E-state index contributed by atoms with van der Waals surface area (Å²) in [5, 5.41) is 0. The van der Waals surface area contributed by atoms with E-state index in [4.69, 9.17) is 0 Å². The van der Waals surface area contributed by atoms with Crippen molar-refractivity contribution in [3.8, 4) is 0 Å². The average molecular weight is 915 g/mol. The molecule has 12 rings (SSSR count). The second kappa shape index (κ2) is 24.0. The predicted molar refractivity (Wildman–Crippen MR) is 253 cm³/mol. The number of hydrogen-bond donors (Lipinski definition) is 2. The van der Waals surface area contributed by atoms with Crippen molar-refractivity contribution in [2.75, 3.05) is 0 Å². The van der Waals surface area contributed by atoms with Crippen molar-refractivity contribution in [1.82, 2.24) is 9.80 Å². The summed E-state index contributed by atoms with van der Waals surface area (Å²) in [5.41, 5.74) is 14.4. The normalized spacial score (nSPS) is 29.0. The van der Waals surface area contributed by atoms with Crippen molar-refractivity contribution in [2.45, 2.75) is 140 Å². The SMILES string of the molecule is C[C@H](N(Cc1ccccc1)Cc1ccccc1)[P+](=O)[O-].C[C@H](N(Cc1ccccc1)Cc1ccccc1)[P+](=O)[O-].O.O.[NH3+]C12CC3CC(CC(C3)C1)C2.[NH3+]C12CC3CC(CC(C3)C1)C2. The number of rotatable bonds is 12. The first-order valence-corrected chi connectivity index (χ1v) is 25.9. The highest BCUT2D eigenvalue weighted by molar-refractivity contribution is 7.37. The van der Waals surface area contributed by atoms with Gasteiger partial charge in [0.05, 0.1) is 11.1 Å². The Morgan fingerprint density at radius 3 is 0.797 bits per heavy atom. The molecule has 8 bridgehead atoms. The van der Waals surface area contributed by atoms with Gasteiger partial charge in [-0.25, -0.2) is 0 Å². The van der Waals surface area contributed by atoms with Gasteiger partial charge in [-0.15, -0.1) is 0 Å². The zero-order valence-corrected chi connectivity index (χ0v) is 40.1. The van der Waals surface area contributed by atoms with E-state index in [1.165, 1.54) is 38.5 Å². The molecule has 0 heterocycles. The Morgan fingerprint density at radius 2 is 0.641 bits per heavy atom. The van der Waals surface area contributed by atoms with Crippen molar-refractivity contribution in [1.29, 1.82) is 0 Å². The van der Waals surface area contributed by atoms with Gasteiger partial charge in [0.1, 0.15) is 0 Å². The van der Waals surface area contributed by atoms with E-state index in [1.54, 1.807) is 52.4 Å². The first kappa shape index (κ1) is 51.7. The number of benzene rings is 4. The number of quaternary nitrogens is 2. The smallest absolute Gasteiger partial charge is 0.327 e. The third-order valence-electron chi connectivity index (χ3n) is 14.9. The van der Waals surface area contributed by atoms with Crippen molar-refractivity contribution < 1.29 is 41.3 Å². The Hall–Kier alpha value is -3.24. The molecule has 4 atom stereocenters. The monoisotopic (exact) mass is 915 g/mol. The first-order chi connectivity index (χ1) is 29.8. The summed E-state index contributed by atoms with van der Waals surface area (Å²) in [7, 11) is -4.94. The summed E-state index contributed by atoms with van der Waals surface area (Å²) in [6, 6.07) is 39.7. The van der Waals surface area contributed by atoms with Crippen molar-refractivity contribution in [3.63, 3.8) is 0 Å². The summed E-state index contributed by atoms with van der Waals surface area (Å²) in [6.07, 6.45) is 18.0. The molecule has 8 fully saturated rings. The summed E-state index contributed by atoms with van der Waals surface area (Å²) in [6.45, 7) is 5.97. The Morgan fingerprint density at radius 1 is 0.453 bits per heavy atom. The molecule has 12 heteroatoms. The molecule has 4 aromatic carbocycles. The van der Waals surface area contributed by atoms with Crippen LogP contribution in [-0.2, 0) is 35.3 Å². The number of nitrogens with zero attached hydrogens (tertiary/aromatic N) is 2. The lowest BCUT2D eigenvalue weighted by molar-refractivity contribution is -0.505. The van der Waals surface area contributed by atoms with Gasteiger partial charge in [0.25, 0.3) is 0 Å². The lowest BCUT2D eigenvalue weighted by atomic mass is 9.53. The van der Waals surface area contributed by atoms with Gasteiger partial charge in [-0.05, 0) is 110 Å².